The van der Waals surface area contributed by atoms with Crippen molar-refractivity contribution in [3.05, 3.63) is 151 Å². The van der Waals surface area contributed by atoms with E-state index in [0.717, 1.165) is 35.3 Å². The molecule has 5 aromatic carbocycles. The number of rotatable bonds is 12. The fraction of sp³-hybridized carbons (Fsp3) is 0.244. The third kappa shape index (κ3) is 9.03. The molecule has 0 unspecified atom stereocenters. The van der Waals surface area contributed by atoms with Crippen molar-refractivity contribution in [2.45, 2.75) is 49.8 Å². The Bertz CT molecular complexity index is 1860. The van der Waals surface area contributed by atoms with Gasteiger partial charge in [-0.2, -0.15) is 0 Å². The van der Waals surface area contributed by atoms with Gasteiger partial charge in [0.25, 0.3) is 0 Å². The minimum Gasteiger partial charge on any atom is -0.448 e. The van der Waals surface area contributed by atoms with Gasteiger partial charge in [-0.25, -0.2) is 17.9 Å². The van der Waals surface area contributed by atoms with Crippen LogP contribution in [0.25, 0.3) is 22.3 Å². The van der Waals surface area contributed by atoms with Gasteiger partial charge in [0.2, 0.25) is 10.0 Å². The largest absolute Gasteiger partial charge is 0.448 e. The SMILES string of the molecule is C[C@@H](COC(=O)N1CCC(NS(=O)(=O)c2ccc(-c3ccccc3)c(-c3ccccc3)c2)CC1)N(Cc1ccccc1)Cc1ccccc1. The predicted octanol–water partition coefficient (Wildman–Crippen LogP) is 7.99. The van der Waals surface area contributed by atoms with Gasteiger partial charge < -0.3 is 9.64 Å². The summed E-state index contributed by atoms with van der Waals surface area (Å²) in [5.41, 5.74) is 6.19. The third-order valence-corrected chi connectivity index (χ3v) is 10.6. The molecule has 0 aliphatic carbocycles. The molecule has 7 nitrogen and oxygen atoms in total. The number of hydrogen-bond donors (Lipinski definition) is 1. The number of sulfonamides is 1. The van der Waals surface area contributed by atoms with Gasteiger partial charge in [0.15, 0.2) is 0 Å². The van der Waals surface area contributed by atoms with Gasteiger partial charge in [-0.05, 0) is 65.3 Å². The smallest absolute Gasteiger partial charge is 0.409 e. The number of hydrogen-bond acceptors (Lipinski definition) is 5. The zero-order valence-corrected chi connectivity index (χ0v) is 28.6. The lowest BCUT2D eigenvalue weighted by molar-refractivity contribution is 0.0586. The number of nitrogens with one attached hydrogen (secondary N) is 1. The first kappa shape index (κ1) is 34.1. The summed E-state index contributed by atoms with van der Waals surface area (Å²) in [6.45, 7) is 4.65. The van der Waals surface area contributed by atoms with E-state index in [-0.39, 0.29) is 29.7 Å². The van der Waals surface area contributed by atoms with Crippen LogP contribution in [0.1, 0.15) is 30.9 Å². The molecule has 8 heteroatoms. The fourth-order valence-electron chi connectivity index (χ4n) is 6.28. The molecule has 1 fully saturated rings. The number of carbonyl (C=O) groups excluding carboxylic acids is 1. The van der Waals surface area contributed by atoms with Crippen LogP contribution in [0.2, 0.25) is 0 Å². The lowest BCUT2D eigenvalue weighted by Crippen LogP contribution is -2.47. The average Bonchev–Trinajstić information content (AvgIpc) is 3.15. The normalized spacial score (nSPS) is 14.4. The predicted molar refractivity (Wildman–Crippen MR) is 195 cm³/mol. The van der Waals surface area contributed by atoms with E-state index in [1.54, 1.807) is 17.0 Å². The lowest BCUT2D eigenvalue weighted by atomic mass is 9.95. The third-order valence-electron chi connectivity index (χ3n) is 9.07. The van der Waals surface area contributed by atoms with Gasteiger partial charge in [-0.15, -0.1) is 0 Å². The van der Waals surface area contributed by atoms with Crippen LogP contribution in [0.3, 0.4) is 0 Å². The second-order valence-electron chi connectivity index (χ2n) is 12.6. The summed E-state index contributed by atoms with van der Waals surface area (Å²) in [4.78, 5) is 17.3. The van der Waals surface area contributed by atoms with E-state index >= 15 is 0 Å². The van der Waals surface area contributed by atoms with Crippen LogP contribution in [0.4, 0.5) is 4.79 Å². The van der Waals surface area contributed by atoms with Crippen LogP contribution in [-0.2, 0) is 27.8 Å². The highest BCUT2D eigenvalue weighted by atomic mass is 32.2. The molecule has 6 rings (SSSR count). The maximum Gasteiger partial charge on any atom is 0.409 e. The van der Waals surface area contributed by atoms with E-state index in [1.165, 1.54) is 11.1 Å². The average molecular weight is 674 g/mol. The van der Waals surface area contributed by atoms with E-state index in [1.807, 2.05) is 103 Å². The summed E-state index contributed by atoms with van der Waals surface area (Å²) in [7, 11) is -3.80. The van der Waals surface area contributed by atoms with Crippen LogP contribution >= 0.6 is 0 Å². The molecule has 1 amide bonds. The van der Waals surface area contributed by atoms with E-state index in [2.05, 4.69) is 40.8 Å². The number of piperidine rings is 1. The summed E-state index contributed by atoms with van der Waals surface area (Å²) in [6, 6.07) is 45.4. The Morgan fingerprint density at radius 2 is 1.22 bits per heavy atom. The number of ether oxygens (including phenoxy) is 1. The van der Waals surface area contributed by atoms with Crippen molar-refractivity contribution in [1.82, 2.24) is 14.5 Å². The molecule has 252 valence electrons. The standard InChI is InChI=1S/C41H43N3O4S/c1-32(44(29-33-14-6-2-7-15-33)30-34-16-8-3-9-17-34)31-48-41(45)43-26-24-37(25-27-43)42-49(46,47)38-22-23-39(35-18-10-4-11-19-35)40(28-38)36-20-12-5-13-21-36/h2-23,28,32,37,42H,24-27,29-31H2,1H3/t32-/m0/s1. The summed E-state index contributed by atoms with van der Waals surface area (Å²) >= 11 is 0. The van der Waals surface area contributed by atoms with Gasteiger partial charge >= 0.3 is 6.09 Å². The van der Waals surface area contributed by atoms with Crippen molar-refractivity contribution in [1.29, 1.82) is 0 Å². The number of likely N-dealkylation sites (tertiary alicyclic amines) is 1. The Morgan fingerprint density at radius 3 is 1.76 bits per heavy atom. The molecule has 0 bridgehead atoms. The maximum atomic E-state index is 13.6. The molecular formula is C41H43N3O4S. The van der Waals surface area contributed by atoms with Crippen LogP contribution in [0.15, 0.2) is 144 Å². The Kier molecular flexibility index (Phi) is 11.2. The van der Waals surface area contributed by atoms with Crippen molar-refractivity contribution < 1.29 is 17.9 Å². The quantitative estimate of drug-likeness (QED) is 0.145. The number of carbonyl (C=O) groups is 1. The maximum absolute atomic E-state index is 13.6. The van der Waals surface area contributed by atoms with Crippen molar-refractivity contribution in [2.24, 2.45) is 0 Å². The highest BCUT2D eigenvalue weighted by molar-refractivity contribution is 7.89. The number of benzene rings is 5. The van der Waals surface area contributed by atoms with Crippen molar-refractivity contribution >= 4 is 16.1 Å². The summed E-state index contributed by atoms with van der Waals surface area (Å²) in [5.74, 6) is 0. The fourth-order valence-corrected chi connectivity index (χ4v) is 7.61. The zero-order chi connectivity index (χ0) is 34.1. The van der Waals surface area contributed by atoms with Crippen LogP contribution in [0.5, 0.6) is 0 Å². The highest BCUT2D eigenvalue weighted by Gasteiger charge is 2.28. The Labute approximate surface area is 290 Å². The minimum absolute atomic E-state index is 0.0113. The van der Waals surface area contributed by atoms with Crippen LogP contribution < -0.4 is 4.72 Å². The van der Waals surface area contributed by atoms with Crippen molar-refractivity contribution in [2.75, 3.05) is 19.7 Å². The molecule has 1 heterocycles. The molecule has 1 saturated heterocycles. The molecular weight excluding hydrogens is 631 g/mol. The molecule has 1 atom stereocenters. The molecule has 49 heavy (non-hydrogen) atoms. The number of nitrogens with zero attached hydrogens (tertiary/aromatic N) is 2. The zero-order valence-electron chi connectivity index (χ0n) is 27.8. The molecule has 1 N–H and O–H groups in total. The van der Waals surface area contributed by atoms with Gasteiger partial charge in [-0.1, -0.05) is 127 Å². The first-order valence-corrected chi connectivity index (χ1v) is 18.3. The van der Waals surface area contributed by atoms with E-state index in [4.69, 9.17) is 4.74 Å². The van der Waals surface area contributed by atoms with E-state index in [0.29, 0.717) is 25.9 Å². The molecule has 0 saturated carbocycles. The van der Waals surface area contributed by atoms with Gasteiger partial charge in [0.05, 0.1) is 4.90 Å². The Hall–Kier alpha value is -4.76. The van der Waals surface area contributed by atoms with Gasteiger partial charge in [0, 0.05) is 38.3 Å². The summed E-state index contributed by atoms with van der Waals surface area (Å²) in [6.07, 6.45) is 0.647. The summed E-state index contributed by atoms with van der Waals surface area (Å²) in [5, 5.41) is 0. The first-order valence-electron chi connectivity index (χ1n) is 16.9. The highest BCUT2D eigenvalue weighted by Crippen LogP contribution is 2.34. The molecule has 0 spiro atoms. The van der Waals surface area contributed by atoms with E-state index in [9.17, 15) is 13.2 Å². The van der Waals surface area contributed by atoms with Crippen LogP contribution in [-0.4, -0.2) is 56.1 Å². The second kappa shape index (κ2) is 16.1. The molecule has 0 radical (unpaired) electrons. The van der Waals surface area contributed by atoms with E-state index < -0.39 is 10.0 Å². The minimum atomic E-state index is -3.80. The number of amides is 1. The molecule has 0 aromatic heterocycles. The molecule has 5 aromatic rings. The monoisotopic (exact) mass is 673 g/mol. The van der Waals surface area contributed by atoms with Crippen LogP contribution in [0, 0.1) is 0 Å². The molecule has 1 aliphatic heterocycles. The van der Waals surface area contributed by atoms with Gasteiger partial charge in [0.1, 0.15) is 6.61 Å². The lowest BCUT2D eigenvalue weighted by Gasteiger charge is -2.33. The van der Waals surface area contributed by atoms with Gasteiger partial charge in [-0.3, -0.25) is 4.90 Å². The van der Waals surface area contributed by atoms with Crippen molar-refractivity contribution in [3.63, 3.8) is 0 Å². The van der Waals surface area contributed by atoms with Crippen molar-refractivity contribution in [3.8, 4) is 22.3 Å². The molecule has 1 aliphatic rings. The topological polar surface area (TPSA) is 79.0 Å². The Balaban J connectivity index is 1.05. The summed E-state index contributed by atoms with van der Waals surface area (Å²) < 4.78 is 36.0. The first-order chi connectivity index (χ1) is 23.9. The Morgan fingerprint density at radius 1 is 0.735 bits per heavy atom. The second-order valence-corrected chi connectivity index (χ2v) is 14.3.